The van der Waals surface area contributed by atoms with E-state index in [0.29, 0.717) is 6.61 Å². The molecule has 0 saturated carbocycles. The summed E-state index contributed by atoms with van der Waals surface area (Å²) in [7, 11) is 0. The van der Waals surface area contributed by atoms with Crippen LogP contribution in [0.2, 0.25) is 0 Å². The first-order valence-corrected chi connectivity index (χ1v) is 6.33. The molecule has 102 valence electrons. The third-order valence-corrected chi connectivity index (χ3v) is 2.21. The predicted octanol–water partition coefficient (Wildman–Crippen LogP) is 0.541. The van der Waals surface area contributed by atoms with E-state index in [-0.39, 0.29) is 25.5 Å². The summed E-state index contributed by atoms with van der Waals surface area (Å²) < 4.78 is 4.84. The average molecular weight is 258 g/mol. The molecular formula is C15H23LiO3. The van der Waals surface area contributed by atoms with E-state index in [1.165, 1.54) is 12.8 Å². The number of carbonyl (C=O) groups is 1. The predicted molar refractivity (Wildman–Crippen MR) is 73.5 cm³/mol. The zero-order valence-electron chi connectivity index (χ0n) is 12.1. The van der Waals surface area contributed by atoms with Gasteiger partial charge in [0.1, 0.15) is 6.61 Å². The molecule has 0 spiro atoms. The van der Waals surface area contributed by atoms with Gasteiger partial charge >= 0.3 is 24.8 Å². The van der Waals surface area contributed by atoms with E-state index in [1.54, 1.807) is 0 Å². The number of carboxylic acids is 1. The Kier molecular flexibility index (Phi) is 16.3. The Hall–Kier alpha value is -0.883. The quantitative estimate of drug-likeness (QED) is 0.441. The fraction of sp³-hybridized carbons (Fsp3) is 0.467. The molecule has 1 aromatic rings. The number of hydrogen-bond donors (Lipinski definition) is 1. The number of rotatable bonds is 7. The molecule has 19 heavy (non-hydrogen) atoms. The average Bonchev–Trinajstić information content (AvgIpc) is 2.35. The van der Waals surface area contributed by atoms with Gasteiger partial charge in [-0.25, -0.2) is 4.79 Å². The van der Waals surface area contributed by atoms with E-state index in [4.69, 9.17) is 9.84 Å². The largest absolute Gasteiger partial charge is 1.00 e. The summed E-state index contributed by atoms with van der Waals surface area (Å²) >= 11 is 0. The van der Waals surface area contributed by atoms with Crippen LogP contribution >= 0.6 is 0 Å². The second kappa shape index (κ2) is 15.2. The van der Waals surface area contributed by atoms with Crippen molar-refractivity contribution in [1.82, 2.24) is 0 Å². The van der Waals surface area contributed by atoms with Gasteiger partial charge in [0.05, 0.1) is 0 Å². The van der Waals surface area contributed by atoms with Gasteiger partial charge in [0.2, 0.25) is 0 Å². The number of ether oxygens (including phenoxy) is 1. The van der Waals surface area contributed by atoms with Crippen LogP contribution < -0.4 is 18.9 Å². The molecule has 0 atom stereocenters. The fourth-order valence-corrected chi connectivity index (χ4v) is 1.27. The van der Waals surface area contributed by atoms with Gasteiger partial charge in [0.25, 0.3) is 0 Å². The summed E-state index contributed by atoms with van der Waals surface area (Å²) in [5.41, 5.74) is 1.07. The zero-order valence-corrected chi connectivity index (χ0v) is 12.1. The molecule has 0 aliphatic rings. The van der Waals surface area contributed by atoms with Crippen molar-refractivity contribution in [2.45, 2.75) is 32.6 Å². The minimum Gasteiger partial charge on any atom is -0.480 e. The van der Waals surface area contributed by atoms with E-state index < -0.39 is 5.97 Å². The van der Waals surface area contributed by atoms with Gasteiger partial charge in [-0.2, -0.15) is 24.6 Å². The Morgan fingerprint density at radius 3 is 2.26 bits per heavy atom. The SMILES string of the molecule is CCCCCCOCC(=O)O.[CH2-]c1ccccc1.[Li+]. The Morgan fingerprint density at radius 1 is 1.21 bits per heavy atom. The van der Waals surface area contributed by atoms with Crippen LogP contribution in [0.4, 0.5) is 0 Å². The molecule has 0 radical (unpaired) electrons. The molecule has 0 bridgehead atoms. The third-order valence-electron chi connectivity index (χ3n) is 2.21. The molecule has 0 saturated heterocycles. The summed E-state index contributed by atoms with van der Waals surface area (Å²) in [4.78, 5) is 9.96. The van der Waals surface area contributed by atoms with Crippen LogP contribution in [0.15, 0.2) is 30.3 Å². The van der Waals surface area contributed by atoms with Gasteiger partial charge in [0, 0.05) is 6.61 Å². The van der Waals surface area contributed by atoms with E-state index in [1.807, 2.05) is 30.3 Å². The Labute approximate surface area is 128 Å². The number of hydrogen-bond acceptors (Lipinski definition) is 2. The van der Waals surface area contributed by atoms with Gasteiger partial charge in [-0.1, -0.05) is 32.3 Å². The fourth-order valence-electron chi connectivity index (χ4n) is 1.27. The van der Waals surface area contributed by atoms with Crippen molar-refractivity contribution in [3.05, 3.63) is 42.8 Å². The van der Waals surface area contributed by atoms with Crippen LogP contribution in [-0.4, -0.2) is 24.3 Å². The van der Waals surface area contributed by atoms with E-state index in [0.717, 1.165) is 18.4 Å². The Morgan fingerprint density at radius 2 is 1.84 bits per heavy atom. The maximum Gasteiger partial charge on any atom is 1.00 e. The summed E-state index contributed by atoms with van der Waals surface area (Å²) in [6.45, 7) is 6.27. The molecule has 0 aromatic heterocycles. The van der Waals surface area contributed by atoms with E-state index >= 15 is 0 Å². The van der Waals surface area contributed by atoms with Crippen LogP contribution in [0.25, 0.3) is 0 Å². The Balaban J connectivity index is 0. The monoisotopic (exact) mass is 258 g/mol. The third kappa shape index (κ3) is 17.1. The topological polar surface area (TPSA) is 46.5 Å². The molecule has 0 unspecified atom stereocenters. The molecule has 3 nitrogen and oxygen atoms in total. The van der Waals surface area contributed by atoms with Gasteiger partial charge in [-0.05, 0) is 6.42 Å². The van der Waals surface area contributed by atoms with Crippen LogP contribution in [0.1, 0.15) is 38.2 Å². The van der Waals surface area contributed by atoms with Crippen LogP contribution in [0, 0.1) is 6.92 Å². The van der Waals surface area contributed by atoms with Crippen LogP contribution in [0.5, 0.6) is 0 Å². The van der Waals surface area contributed by atoms with Crippen molar-refractivity contribution >= 4 is 5.97 Å². The van der Waals surface area contributed by atoms with Crippen molar-refractivity contribution in [3.8, 4) is 0 Å². The number of benzene rings is 1. The van der Waals surface area contributed by atoms with Crippen LogP contribution in [-0.2, 0) is 9.53 Å². The number of unbranched alkanes of at least 4 members (excludes halogenated alkanes) is 3. The smallest absolute Gasteiger partial charge is 0.480 e. The second-order valence-corrected chi connectivity index (χ2v) is 3.99. The molecule has 1 rings (SSSR count). The summed E-state index contributed by atoms with van der Waals surface area (Å²) in [6.07, 6.45) is 4.51. The van der Waals surface area contributed by atoms with Crippen molar-refractivity contribution in [2.24, 2.45) is 0 Å². The summed E-state index contributed by atoms with van der Waals surface area (Å²) in [5, 5.41) is 8.19. The molecule has 1 aromatic carbocycles. The molecule has 0 aliphatic heterocycles. The van der Waals surface area contributed by atoms with Gasteiger partial charge in [0.15, 0.2) is 0 Å². The minimum atomic E-state index is -0.888. The van der Waals surface area contributed by atoms with E-state index in [9.17, 15) is 4.79 Å². The molecule has 0 fully saturated rings. The first-order chi connectivity index (χ1) is 8.66. The normalized spacial score (nSPS) is 8.89. The Bertz CT molecular complexity index is 302. The first kappa shape index (κ1) is 20.4. The zero-order chi connectivity index (χ0) is 13.6. The van der Waals surface area contributed by atoms with Gasteiger partial charge in [-0.15, -0.1) is 12.1 Å². The maximum absolute atomic E-state index is 9.96. The van der Waals surface area contributed by atoms with Gasteiger partial charge < -0.3 is 9.84 Å². The molecular weight excluding hydrogens is 235 g/mol. The molecule has 0 amide bonds. The standard InChI is InChI=1S/C8H16O3.C7H7.Li/c1-2-3-4-5-6-11-7-8(9)10;1-7-5-3-2-4-6-7;/h2-7H2,1H3,(H,9,10);2-6H,1H2;/q;-1;+1. The van der Waals surface area contributed by atoms with Gasteiger partial charge in [-0.3, -0.25) is 0 Å². The maximum atomic E-state index is 9.96. The summed E-state index contributed by atoms with van der Waals surface area (Å²) in [6, 6.07) is 9.87. The van der Waals surface area contributed by atoms with Crippen molar-refractivity contribution in [2.75, 3.05) is 13.2 Å². The molecule has 0 aliphatic carbocycles. The molecule has 0 heterocycles. The number of aliphatic carboxylic acids is 1. The van der Waals surface area contributed by atoms with E-state index in [2.05, 4.69) is 13.8 Å². The minimum absolute atomic E-state index is 0. The molecule has 1 N–H and O–H groups in total. The van der Waals surface area contributed by atoms with Crippen molar-refractivity contribution < 1.29 is 33.5 Å². The molecule has 4 heteroatoms. The van der Waals surface area contributed by atoms with Crippen LogP contribution in [0.3, 0.4) is 0 Å². The summed E-state index contributed by atoms with van der Waals surface area (Å²) in [5.74, 6) is -0.888. The number of carboxylic acid groups (broad SMARTS) is 1. The van der Waals surface area contributed by atoms with Crippen molar-refractivity contribution in [3.63, 3.8) is 0 Å². The van der Waals surface area contributed by atoms with Crippen molar-refractivity contribution in [1.29, 1.82) is 0 Å². The first-order valence-electron chi connectivity index (χ1n) is 6.33. The second-order valence-electron chi connectivity index (χ2n) is 3.99.